The molecule has 0 saturated heterocycles. The average Bonchev–Trinajstić information content (AvgIpc) is 3.26. The zero-order valence-corrected chi connectivity index (χ0v) is 21.8. The summed E-state index contributed by atoms with van der Waals surface area (Å²) in [4.78, 5) is 40.3. The van der Waals surface area contributed by atoms with E-state index in [-0.39, 0.29) is 15.7 Å². The van der Waals surface area contributed by atoms with Crippen LogP contribution in [0.4, 0.5) is 11.4 Å². The van der Waals surface area contributed by atoms with E-state index < -0.39 is 33.0 Å². The Balaban J connectivity index is 1.62. The van der Waals surface area contributed by atoms with E-state index in [0.717, 1.165) is 57.9 Å². The van der Waals surface area contributed by atoms with Gasteiger partial charge < -0.3 is 9.84 Å². The molecule has 3 aromatic carbocycles. The number of allylic oxidation sites excluding steroid dienone is 1. The van der Waals surface area contributed by atoms with Crippen molar-refractivity contribution in [1.29, 1.82) is 0 Å². The molecule has 0 spiro atoms. The Morgan fingerprint density at radius 3 is 2.48 bits per heavy atom. The predicted molar refractivity (Wildman–Crippen MR) is 147 cm³/mol. The molecule has 40 heavy (non-hydrogen) atoms. The van der Waals surface area contributed by atoms with Crippen LogP contribution in [-0.2, 0) is 6.42 Å². The molecule has 200 valence electrons. The fraction of sp³-hybridized carbons (Fsp3) is 0.143. The quantitative estimate of drug-likeness (QED) is 0.290. The maximum absolute atomic E-state index is 13.9. The zero-order valence-electron chi connectivity index (χ0n) is 20.9. The Kier molecular flexibility index (Phi) is 6.03. The number of ether oxygens (including phenoxy) is 1. The third-order valence-corrected chi connectivity index (χ3v) is 8.05. The molecule has 0 bridgehead atoms. The second-order valence-corrected chi connectivity index (χ2v) is 10.3. The van der Waals surface area contributed by atoms with Crippen molar-refractivity contribution in [3.05, 3.63) is 128 Å². The summed E-state index contributed by atoms with van der Waals surface area (Å²) in [6.45, 7) is 0. The van der Waals surface area contributed by atoms with Crippen LogP contribution >= 0.6 is 11.3 Å². The molecule has 0 saturated carbocycles. The molecule has 0 radical (unpaired) electrons. The highest BCUT2D eigenvalue weighted by molar-refractivity contribution is 7.07. The minimum Gasteiger partial charge on any atom is -0.497 e. The van der Waals surface area contributed by atoms with Crippen LogP contribution in [0.3, 0.4) is 0 Å². The van der Waals surface area contributed by atoms with Gasteiger partial charge in [-0.05, 0) is 53.3 Å². The molecule has 1 atom stereocenters. The summed E-state index contributed by atoms with van der Waals surface area (Å²) in [5, 5.41) is 32.9. The summed E-state index contributed by atoms with van der Waals surface area (Å²) < 4.78 is 7.24. The molecule has 1 N–H and O–H groups in total. The highest BCUT2D eigenvalue weighted by Gasteiger charge is 2.33. The van der Waals surface area contributed by atoms with E-state index in [9.17, 15) is 30.1 Å². The maximum Gasteiger partial charge on any atom is 0.318 e. The van der Waals surface area contributed by atoms with Crippen molar-refractivity contribution in [1.82, 2.24) is 4.57 Å². The number of aromatic nitrogens is 1. The minimum atomic E-state index is -1.04. The molecule has 12 heteroatoms. The molecule has 4 aromatic rings. The van der Waals surface area contributed by atoms with Crippen molar-refractivity contribution in [2.75, 3.05) is 7.11 Å². The number of phenols is 1. The molecular formula is C28H20N4O7S. The number of hydrogen-bond donors (Lipinski definition) is 1. The first-order valence-electron chi connectivity index (χ1n) is 12.2. The highest BCUT2D eigenvalue weighted by Crippen LogP contribution is 2.42. The topological polar surface area (TPSA) is 150 Å². The summed E-state index contributed by atoms with van der Waals surface area (Å²) in [5.41, 5.74) is 2.79. The SMILES string of the molecule is COc1cccc([C@H]2C3=C(N=c4s/c(=C/c5cc([N+](=O)[O-])c(O)c([N+](=O)[O-])c5)c(=O)n42)c2ccccc2CC3)c1. The van der Waals surface area contributed by atoms with E-state index in [1.165, 1.54) is 6.08 Å². The van der Waals surface area contributed by atoms with Gasteiger partial charge in [0, 0.05) is 17.7 Å². The third kappa shape index (κ3) is 4.05. The van der Waals surface area contributed by atoms with Crippen LogP contribution in [0.25, 0.3) is 11.8 Å². The number of methoxy groups -OCH3 is 1. The second-order valence-electron chi connectivity index (χ2n) is 9.31. The Labute approximate surface area is 229 Å². The Morgan fingerprint density at radius 2 is 1.77 bits per heavy atom. The number of nitrogens with zero attached hydrogens (tertiary/aromatic N) is 4. The Bertz CT molecular complexity index is 1920. The molecule has 1 aliphatic carbocycles. The van der Waals surface area contributed by atoms with Gasteiger partial charge >= 0.3 is 11.4 Å². The molecule has 11 nitrogen and oxygen atoms in total. The van der Waals surface area contributed by atoms with Gasteiger partial charge in [0.05, 0.1) is 33.2 Å². The highest BCUT2D eigenvalue weighted by atomic mass is 32.1. The monoisotopic (exact) mass is 556 g/mol. The van der Waals surface area contributed by atoms with Crippen molar-refractivity contribution in [3.8, 4) is 11.5 Å². The fourth-order valence-corrected chi connectivity index (χ4v) is 6.27. The largest absolute Gasteiger partial charge is 0.497 e. The van der Waals surface area contributed by atoms with Crippen LogP contribution in [0.1, 0.15) is 34.7 Å². The van der Waals surface area contributed by atoms with E-state index in [1.807, 2.05) is 42.5 Å². The summed E-state index contributed by atoms with van der Waals surface area (Å²) in [6, 6.07) is 17.0. The van der Waals surface area contributed by atoms with Gasteiger partial charge in [0.2, 0.25) is 0 Å². The normalized spacial score (nSPS) is 16.0. The van der Waals surface area contributed by atoms with Crippen molar-refractivity contribution in [3.63, 3.8) is 0 Å². The van der Waals surface area contributed by atoms with Gasteiger partial charge in [-0.2, -0.15) is 0 Å². The maximum atomic E-state index is 13.9. The van der Waals surface area contributed by atoms with Crippen LogP contribution < -0.4 is 19.6 Å². The lowest BCUT2D eigenvalue weighted by molar-refractivity contribution is -0.396. The summed E-state index contributed by atoms with van der Waals surface area (Å²) in [7, 11) is 1.57. The lowest BCUT2D eigenvalue weighted by Gasteiger charge is -2.31. The molecule has 1 aromatic heterocycles. The van der Waals surface area contributed by atoms with E-state index in [0.29, 0.717) is 17.0 Å². The predicted octanol–water partition coefficient (Wildman–Crippen LogP) is 3.85. The molecule has 0 amide bonds. The second kappa shape index (κ2) is 9.58. The van der Waals surface area contributed by atoms with Gasteiger partial charge in [-0.25, -0.2) is 4.99 Å². The first-order valence-corrected chi connectivity index (χ1v) is 13.0. The van der Waals surface area contributed by atoms with Crippen molar-refractivity contribution in [2.45, 2.75) is 18.9 Å². The molecule has 1 aliphatic heterocycles. The van der Waals surface area contributed by atoms with Gasteiger partial charge in [-0.3, -0.25) is 29.6 Å². The molecule has 0 fully saturated rings. The van der Waals surface area contributed by atoms with E-state index in [4.69, 9.17) is 9.73 Å². The number of phenolic OH excluding ortho intramolecular Hbond substituents is 1. The fourth-order valence-electron chi connectivity index (χ4n) is 5.27. The van der Waals surface area contributed by atoms with Crippen LogP contribution in [0, 0.1) is 20.2 Å². The number of thiazole rings is 1. The van der Waals surface area contributed by atoms with Gasteiger partial charge in [0.15, 0.2) is 4.80 Å². The number of nitro benzene ring substituents is 2. The minimum absolute atomic E-state index is 0.0356. The van der Waals surface area contributed by atoms with E-state index in [2.05, 4.69) is 6.07 Å². The summed E-state index contributed by atoms with van der Waals surface area (Å²) >= 11 is 1.09. The smallest absolute Gasteiger partial charge is 0.318 e. The van der Waals surface area contributed by atoms with Gasteiger partial charge in [-0.15, -0.1) is 0 Å². The van der Waals surface area contributed by atoms with E-state index in [1.54, 1.807) is 11.7 Å². The Morgan fingerprint density at radius 1 is 1.05 bits per heavy atom. The lowest BCUT2D eigenvalue weighted by Crippen LogP contribution is -2.38. The first-order chi connectivity index (χ1) is 19.3. The van der Waals surface area contributed by atoms with Gasteiger partial charge in [-0.1, -0.05) is 47.7 Å². The number of fused-ring (bicyclic) bond motifs is 3. The van der Waals surface area contributed by atoms with Crippen molar-refractivity contribution in [2.24, 2.45) is 4.99 Å². The molecule has 6 rings (SSSR count). The van der Waals surface area contributed by atoms with Crippen LogP contribution in [0.5, 0.6) is 11.5 Å². The average molecular weight is 557 g/mol. The lowest BCUT2D eigenvalue weighted by atomic mass is 9.83. The summed E-state index contributed by atoms with van der Waals surface area (Å²) in [5.74, 6) is -0.406. The number of aromatic hydroxyl groups is 1. The zero-order chi connectivity index (χ0) is 28.1. The third-order valence-electron chi connectivity index (χ3n) is 7.07. The molecule has 2 aliphatic rings. The van der Waals surface area contributed by atoms with Crippen LogP contribution in [0.15, 0.2) is 76.0 Å². The molecular weight excluding hydrogens is 536 g/mol. The Hall–Kier alpha value is -5.10. The van der Waals surface area contributed by atoms with E-state index >= 15 is 0 Å². The first kappa shape index (κ1) is 25.2. The van der Waals surface area contributed by atoms with Gasteiger partial charge in [0.25, 0.3) is 11.3 Å². The number of aryl methyl sites for hydroxylation is 1. The van der Waals surface area contributed by atoms with Crippen LogP contribution in [0.2, 0.25) is 0 Å². The standard InChI is InChI=1S/C28H20N4O7S/c1-39-18-7-4-6-17(14-18)25-20-10-9-16-5-2-3-8-19(16)24(20)29-28-30(25)27(34)23(40-28)13-15-11-21(31(35)36)26(33)22(12-15)32(37)38/h2-8,11-14,25,33H,9-10H2,1H3/b23-13+/t25-/m0/s1. The van der Waals surface area contributed by atoms with Gasteiger partial charge in [0.1, 0.15) is 5.75 Å². The molecule has 0 unspecified atom stereocenters. The van der Waals surface area contributed by atoms with Crippen molar-refractivity contribution >= 4 is 34.5 Å². The molecule has 2 heterocycles. The summed E-state index contributed by atoms with van der Waals surface area (Å²) in [6.07, 6.45) is 2.83. The number of hydrogen-bond acceptors (Lipinski definition) is 9. The number of rotatable bonds is 5. The number of benzene rings is 3. The van der Waals surface area contributed by atoms with Crippen molar-refractivity contribution < 1.29 is 19.7 Å². The number of nitro groups is 2. The van der Waals surface area contributed by atoms with Crippen LogP contribution in [-0.4, -0.2) is 26.6 Å².